The SMILES string of the molecule is N/C(=C\Nc1ccc(O)c(F)c1)c1ccc2c(Nc3ccc(F)cc3)cccc2n1. The summed E-state index contributed by atoms with van der Waals surface area (Å²) < 4.78 is 26.6. The number of phenols is 1. The Labute approximate surface area is 171 Å². The molecule has 0 bridgehead atoms. The molecule has 1 heterocycles. The van der Waals surface area contributed by atoms with Gasteiger partial charge in [-0.1, -0.05) is 6.07 Å². The van der Waals surface area contributed by atoms with Crippen molar-refractivity contribution in [3.05, 3.63) is 96.3 Å². The van der Waals surface area contributed by atoms with Crippen LogP contribution in [0.1, 0.15) is 5.69 Å². The number of rotatable bonds is 5. The normalized spacial score (nSPS) is 11.5. The molecular formula is C23H18F2N4O. The molecule has 0 spiro atoms. The highest BCUT2D eigenvalue weighted by molar-refractivity contribution is 5.94. The zero-order valence-electron chi connectivity index (χ0n) is 15.7. The maximum Gasteiger partial charge on any atom is 0.166 e. The van der Waals surface area contributed by atoms with Crippen molar-refractivity contribution < 1.29 is 13.9 Å². The predicted octanol–water partition coefficient (Wildman–Crippen LogP) is 5.33. The van der Waals surface area contributed by atoms with Crippen LogP contribution in [0.25, 0.3) is 16.6 Å². The molecule has 0 radical (unpaired) electrons. The van der Waals surface area contributed by atoms with Crippen molar-refractivity contribution in [2.24, 2.45) is 5.73 Å². The first kappa shape index (κ1) is 19.2. The van der Waals surface area contributed by atoms with Crippen molar-refractivity contribution in [2.75, 3.05) is 10.6 Å². The first-order chi connectivity index (χ1) is 14.5. The number of halogens is 2. The molecule has 30 heavy (non-hydrogen) atoms. The molecule has 4 aromatic rings. The van der Waals surface area contributed by atoms with Gasteiger partial charge in [0.2, 0.25) is 0 Å². The minimum Gasteiger partial charge on any atom is -0.505 e. The number of benzene rings is 3. The third-order valence-electron chi connectivity index (χ3n) is 4.49. The first-order valence-corrected chi connectivity index (χ1v) is 9.13. The Morgan fingerprint density at radius 3 is 2.47 bits per heavy atom. The molecule has 0 fully saturated rings. The zero-order valence-corrected chi connectivity index (χ0v) is 15.7. The van der Waals surface area contributed by atoms with Crippen LogP contribution >= 0.6 is 0 Å². The molecule has 0 amide bonds. The largest absolute Gasteiger partial charge is 0.505 e. The number of aromatic hydroxyl groups is 1. The zero-order chi connectivity index (χ0) is 21.1. The van der Waals surface area contributed by atoms with Gasteiger partial charge in [-0.25, -0.2) is 13.8 Å². The molecule has 0 unspecified atom stereocenters. The lowest BCUT2D eigenvalue weighted by Crippen LogP contribution is -2.03. The van der Waals surface area contributed by atoms with Gasteiger partial charge in [-0.05, 0) is 60.7 Å². The number of hydrogen-bond donors (Lipinski definition) is 4. The molecule has 5 N–H and O–H groups in total. The molecule has 0 aliphatic carbocycles. The van der Waals surface area contributed by atoms with Gasteiger partial charge in [0, 0.05) is 34.7 Å². The van der Waals surface area contributed by atoms with Gasteiger partial charge in [0.05, 0.1) is 16.9 Å². The van der Waals surface area contributed by atoms with E-state index in [0.29, 0.717) is 17.1 Å². The second-order valence-corrected chi connectivity index (χ2v) is 6.61. The van der Waals surface area contributed by atoms with Crippen LogP contribution < -0.4 is 16.4 Å². The Balaban J connectivity index is 1.58. The van der Waals surface area contributed by atoms with Gasteiger partial charge in [-0.2, -0.15) is 0 Å². The minimum absolute atomic E-state index is 0.296. The van der Waals surface area contributed by atoms with E-state index in [1.165, 1.54) is 36.5 Å². The highest BCUT2D eigenvalue weighted by atomic mass is 19.1. The van der Waals surface area contributed by atoms with E-state index in [-0.39, 0.29) is 5.82 Å². The Morgan fingerprint density at radius 1 is 0.933 bits per heavy atom. The minimum atomic E-state index is -0.725. The maximum absolute atomic E-state index is 13.4. The van der Waals surface area contributed by atoms with Crippen LogP contribution in [0.15, 0.2) is 79.0 Å². The highest BCUT2D eigenvalue weighted by Crippen LogP contribution is 2.27. The summed E-state index contributed by atoms with van der Waals surface area (Å²) in [4.78, 5) is 4.59. The molecule has 150 valence electrons. The molecule has 0 saturated heterocycles. The summed E-state index contributed by atoms with van der Waals surface area (Å²) >= 11 is 0. The summed E-state index contributed by atoms with van der Waals surface area (Å²) in [7, 11) is 0. The molecule has 0 aliphatic rings. The lowest BCUT2D eigenvalue weighted by atomic mass is 10.1. The summed E-state index contributed by atoms with van der Waals surface area (Å²) in [5, 5.41) is 16.3. The standard InChI is InChI=1S/C23H18F2N4O/c24-14-4-6-15(7-5-14)28-20-2-1-3-21-17(20)9-10-22(29-21)19(26)13-27-16-8-11-23(30)18(25)12-16/h1-13,27-28,30H,26H2/b19-13-. The second-order valence-electron chi connectivity index (χ2n) is 6.61. The van der Waals surface area contributed by atoms with Crippen molar-refractivity contribution in [1.29, 1.82) is 0 Å². The fraction of sp³-hybridized carbons (Fsp3) is 0. The fourth-order valence-electron chi connectivity index (χ4n) is 2.95. The summed E-state index contributed by atoms with van der Waals surface area (Å²) in [6.45, 7) is 0. The van der Waals surface area contributed by atoms with Gasteiger partial charge in [0.1, 0.15) is 5.82 Å². The molecule has 0 atom stereocenters. The van der Waals surface area contributed by atoms with Gasteiger partial charge in [0.25, 0.3) is 0 Å². The number of nitrogens with zero attached hydrogens (tertiary/aromatic N) is 1. The quantitative estimate of drug-likeness (QED) is 0.338. The molecule has 0 aliphatic heterocycles. The fourth-order valence-corrected chi connectivity index (χ4v) is 2.95. The van der Waals surface area contributed by atoms with E-state index >= 15 is 0 Å². The Hall–Kier alpha value is -4.13. The molecule has 5 nitrogen and oxygen atoms in total. The molecular weight excluding hydrogens is 386 g/mol. The number of anilines is 3. The Bertz CT molecular complexity index is 1240. The molecule has 7 heteroatoms. The third-order valence-corrected chi connectivity index (χ3v) is 4.49. The van der Waals surface area contributed by atoms with Gasteiger partial charge >= 0.3 is 0 Å². The van der Waals surface area contributed by atoms with Crippen LogP contribution in [0.3, 0.4) is 0 Å². The van der Waals surface area contributed by atoms with Crippen molar-refractivity contribution in [1.82, 2.24) is 4.98 Å². The Morgan fingerprint density at radius 2 is 1.70 bits per heavy atom. The van der Waals surface area contributed by atoms with Crippen LogP contribution in [0, 0.1) is 11.6 Å². The van der Waals surface area contributed by atoms with Crippen molar-refractivity contribution in [3.63, 3.8) is 0 Å². The summed E-state index contributed by atoms with van der Waals surface area (Å²) in [5.74, 6) is -1.44. The van der Waals surface area contributed by atoms with Crippen LogP contribution in [0.2, 0.25) is 0 Å². The molecule has 0 saturated carbocycles. The lowest BCUT2D eigenvalue weighted by molar-refractivity contribution is 0.432. The number of fused-ring (bicyclic) bond motifs is 1. The topological polar surface area (TPSA) is 83.2 Å². The van der Waals surface area contributed by atoms with Crippen LogP contribution in [0.5, 0.6) is 5.75 Å². The first-order valence-electron chi connectivity index (χ1n) is 9.13. The third kappa shape index (κ3) is 4.15. The number of nitrogens with two attached hydrogens (primary N) is 1. The average Bonchev–Trinajstić information content (AvgIpc) is 2.76. The van der Waals surface area contributed by atoms with Crippen LogP contribution in [-0.4, -0.2) is 10.1 Å². The average molecular weight is 404 g/mol. The maximum atomic E-state index is 13.4. The van der Waals surface area contributed by atoms with Crippen LogP contribution in [-0.2, 0) is 0 Å². The number of aromatic nitrogens is 1. The number of nitrogens with one attached hydrogen (secondary N) is 2. The number of pyridine rings is 1. The lowest BCUT2D eigenvalue weighted by Gasteiger charge is -2.11. The van der Waals surface area contributed by atoms with Crippen molar-refractivity contribution in [2.45, 2.75) is 0 Å². The van der Waals surface area contributed by atoms with E-state index < -0.39 is 11.6 Å². The van der Waals surface area contributed by atoms with Crippen LogP contribution in [0.4, 0.5) is 25.8 Å². The number of phenolic OH excluding ortho intramolecular Hbond substituents is 1. The summed E-state index contributed by atoms with van der Waals surface area (Å²) in [5.41, 5.74) is 9.80. The van der Waals surface area contributed by atoms with Gasteiger partial charge < -0.3 is 21.5 Å². The van der Waals surface area contributed by atoms with Crippen molar-refractivity contribution in [3.8, 4) is 5.75 Å². The molecule has 3 aromatic carbocycles. The predicted molar refractivity (Wildman–Crippen MR) is 115 cm³/mol. The monoisotopic (exact) mass is 404 g/mol. The molecule has 1 aromatic heterocycles. The Kier molecular flexibility index (Phi) is 5.17. The smallest absolute Gasteiger partial charge is 0.166 e. The van der Waals surface area contributed by atoms with E-state index in [4.69, 9.17) is 5.73 Å². The van der Waals surface area contributed by atoms with Gasteiger partial charge in [-0.3, -0.25) is 0 Å². The van der Waals surface area contributed by atoms with Crippen molar-refractivity contribution >= 4 is 33.7 Å². The summed E-state index contributed by atoms with van der Waals surface area (Å²) in [6, 6.07) is 19.4. The van der Waals surface area contributed by atoms with E-state index in [2.05, 4.69) is 15.6 Å². The second kappa shape index (κ2) is 8.08. The summed E-state index contributed by atoms with van der Waals surface area (Å²) in [6.07, 6.45) is 1.51. The molecule has 4 rings (SSSR count). The van der Waals surface area contributed by atoms with Gasteiger partial charge in [0.15, 0.2) is 11.6 Å². The highest BCUT2D eigenvalue weighted by Gasteiger charge is 2.06. The van der Waals surface area contributed by atoms with E-state index in [1.807, 2.05) is 24.3 Å². The van der Waals surface area contributed by atoms with Gasteiger partial charge in [-0.15, -0.1) is 0 Å². The van der Waals surface area contributed by atoms with E-state index in [0.717, 1.165) is 22.3 Å². The van der Waals surface area contributed by atoms with E-state index in [1.54, 1.807) is 18.2 Å². The number of hydrogen-bond acceptors (Lipinski definition) is 5. The van der Waals surface area contributed by atoms with E-state index in [9.17, 15) is 13.9 Å².